The number of hydrogen-bond donors (Lipinski definition) is 0. The number of rotatable bonds is 4. The van der Waals surface area contributed by atoms with Crippen molar-refractivity contribution in [3.63, 3.8) is 0 Å². The van der Waals surface area contributed by atoms with E-state index in [2.05, 4.69) is 5.10 Å². The van der Waals surface area contributed by atoms with E-state index < -0.39 is 11.6 Å². The van der Waals surface area contributed by atoms with Crippen LogP contribution >= 0.6 is 11.6 Å². The standard InChI is InChI=1S/C21H19ClN2O4/c1-12-16(21(22)24(2)23-12)6-7-19(25)27-11-15-10-20(26)28-18-9-14-5-3-4-13(14)8-17(15)18/h6-10H,3-5,11H2,1-2H3/b7-6+. The summed E-state index contributed by atoms with van der Waals surface area (Å²) in [6, 6.07) is 5.35. The SMILES string of the molecule is Cc1nn(C)c(Cl)c1/C=C/C(=O)OCc1cc(=O)oc2cc3c(cc12)CCC3. The fourth-order valence-corrected chi connectivity index (χ4v) is 3.84. The molecule has 0 unspecified atom stereocenters. The van der Waals surface area contributed by atoms with E-state index in [0.717, 1.165) is 30.3 Å². The molecule has 3 aromatic rings. The predicted molar refractivity (Wildman–Crippen MR) is 106 cm³/mol. The highest BCUT2D eigenvalue weighted by molar-refractivity contribution is 6.31. The van der Waals surface area contributed by atoms with E-state index in [1.54, 1.807) is 13.1 Å². The maximum absolute atomic E-state index is 12.1. The third kappa shape index (κ3) is 3.47. The van der Waals surface area contributed by atoms with Crippen LogP contribution in [0, 0.1) is 6.92 Å². The molecular weight excluding hydrogens is 380 g/mol. The molecule has 2 aromatic heterocycles. The molecule has 0 fully saturated rings. The smallest absolute Gasteiger partial charge is 0.336 e. The Kier molecular flexibility index (Phi) is 4.81. The van der Waals surface area contributed by atoms with Crippen molar-refractivity contribution in [3.05, 3.63) is 67.8 Å². The van der Waals surface area contributed by atoms with Crippen LogP contribution in [0.4, 0.5) is 0 Å². The van der Waals surface area contributed by atoms with Gasteiger partial charge in [-0.3, -0.25) is 4.68 Å². The monoisotopic (exact) mass is 398 g/mol. The average Bonchev–Trinajstić information content (AvgIpc) is 3.20. The van der Waals surface area contributed by atoms with Crippen LogP contribution in [0.25, 0.3) is 17.0 Å². The second-order valence-corrected chi connectivity index (χ2v) is 7.27. The number of halogens is 1. The number of ether oxygens (including phenoxy) is 1. The minimum Gasteiger partial charge on any atom is -0.458 e. The molecule has 0 saturated heterocycles. The molecule has 0 bridgehead atoms. The van der Waals surface area contributed by atoms with E-state index in [1.165, 1.54) is 28.0 Å². The second-order valence-electron chi connectivity index (χ2n) is 6.92. The highest BCUT2D eigenvalue weighted by Crippen LogP contribution is 2.28. The number of esters is 1. The average molecular weight is 399 g/mol. The van der Waals surface area contributed by atoms with Gasteiger partial charge in [0.1, 0.15) is 17.3 Å². The Morgan fingerprint density at radius 1 is 1.32 bits per heavy atom. The van der Waals surface area contributed by atoms with Crippen molar-refractivity contribution in [2.24, 2.45) is 7.05 Å². The van der Waals surface area contributed by atoms with Crippen molar-refractivity contribution in [1.82, 2.24) is 9.78 Å². The Morgan fingerprint density at radius 2 is 2.07 bits per heavy atom. The van der Waals surface area contributed by atoms with Crippen molar-refractivity contribution < 1.29 is 13.9 Å². The number of hydrogen-bond acceptors (Lipinski definition) is 5. The van der Waals surface area contributed by atoms with Crippen molar-refractivity contribution >= 4 is 34.6 Å². The summed E-state index contributed by atoms with van der Waals surface area (Å²) in [5.74, 6) is -0.526. The van der Waals surface area contributed by atoms with Crippen molar-refractivity contribution in [2.75, 3.05) is 0 Å². The summed E-state index contributed by atoms with van der Waals surface area (Å²) in [7, 11) is 1.73. The zero-order valence-electron chi connectivity index (χ0n) is 15.6. The first-order valence-corrected chi connectivity index (χ1v) is 9.42. The Balaban J connectivity index is 1.54. The first kappa shape index (κ1) is 18.5. The van der Waals surface area contributed by atoms with Gasteiger partial charge >= 0.3 is 11.6 Å². The normalized spacial score (nSPS) is 13.4. The Bertz CT molecular complexity index is 1170. The Morgan fingerprint density at radius 3 is 2.79 bits per heavy atom. The lowest BCUT2D eigenvalue weighted by Gasteiger charge is -2.08. The molecule has 2 heterocycles. The van der Waals surface area contributed by atoms with E-state index in [4.69, 9.17) is 20.8 Å². The third-order valence-electron chi connectivity index (χ3n) is 4.99. The number of nitrogens with zero attached hydrogens (tertiary/aromatic N) is 2. The van der Waals surface area contributed by atoms with Crippen LogP contribution in [0.15, 0.2) is 33.5 Å². The summed E-state index contributed by atoms with van der Waals surface area (Å²) in [5, 5.41) is 5.45. The topological polar surface area (TPSA) is 74.3 Å². The number of benzene rings is 1. The van der Waals surface area contributed by atoms with E-state index in [1.807, 2.05) is 19.1 Å². The van der Waals surface area contributed by atoms with Crippen LogP contribution < -0.4 is 5.63 Å². The van der Waals surface area contributed by atoms with Gasteiger partial charge in [0.2, 0.25) is 0 Å². The van der Waals surface area contributed by atoms with Gasteiger partial charge in [0.05, 0.1) is 5.69 Å². The van der Waals surface area contributed by atoms with Crippen LogP contribution in [0.3, 0.4) is 0 Å². The first-order chi connectivity index (χ1) is 13.4. The van der Waals surface area contributed by atoms with Gasteiger partial charge in [0.15, 0.2) is 0 Å². The quantitative estimate of drug-likeness (QED) is 0.380. The maximum Gasteiger partial charge on any atom is 0.336 e. The van der Waals surface area contributed by atoms with E-state index in [9.17, 15) is 9.59 Å². The van der Waals surface area contributed by atoms with Crippen LogP contribution in [0.2, 0.25) is 5.15 Å². The van der Waals surface area contributed by atoms with Gasteiger partial charge in [0.25, 0.3) is 0 Å². The molecule has 6 nitrogen and oxygen atoms in total. The van der Waals surface area contributed by atoms with Crippen molar-refractivity contribution in [3.8, 4) is 0 Å². The third-order valence-corrected chi connectivity index (χ3v) is 5.44. The lowest BCUT2D eigenvalue weighted by atomic mass is 10.0. The van der Waals surface area contributed by atoms with Gasteiger partial charge in [0, 0.05) is 35.7 Å². The van der Waals surface area contributed by atoms with Gasteiger partial charge in [-0.15, -0.1) is 0 Å². The molecule has 7 heteroatoms. The van der Waals surface area contributed by atoms with Crippen LogP contribution in [0.1, 0.15) is 34.4 Å². The predicted octanol–water partition coefficient (Wildman–Crippen LogP) is 3.73. The lowest BCUT2D eigenvalue weighted by Crippen LogP contribution is -2.06. The summed E-state index contributed by atoms with van der Waals surface area (Å²) >= 11 is 6.15. The van der Waals surface area contributed by atoms with Gasteiger partial charge < -0.3 is 9.15 Å². The fraction of sp³-hybridized carbons (Fsp3) is 0.286. The lowest BCUT2D eigenvalue weighted by molar-refractivity contribution is -0.138. The zero-order valence-corrected chi connectivity index (χ0v) is 16.4. The molecule has 0 saturated carbocycles. The largest absolute Gasteiger partial charge is 0.458 e. The van der Waals surface area contributed by atoms with E-state index in [-0.39, 0.29) is 6.61 Å². The maximum atomic E-state index is 12.1. The first-order valence-electron chi connectivity index (χ1n) is 9.05. The van der Waals surface area contributed by atoms with Crippen LogP contribution in [0.5, 0.6) is 0 Å². The minimum absolute atomic E-state index is 0.0101. The van der Waals surface area contributed by atoms with Gasteiger partial charge in [-0.2, -0.15) is 5.10 Å². The molecule has 0 amide bonds. The molecule has 0 spiro atoms. The molecule has 1 aliphatic carbocycles. The van der Waals surface area contributed by atoms with Gasteiger partial charge in [-0.25, -0.2) is 9.59 Å². The summed E-state index contributed by atoms with van der Waals surface area (Å²) in [6.45, 7) is 1.80. The van der Waals surface area contributed by atoms with E-state index in [0.29, 0.717) is 21.9 Å². The summed E-state index contributed by atoms with van der Waals surface area (Å²) < 4.78 is 12.2. The summed E-state index contributed by atoms with van der Waals surface area (Å²) in [4.78, 5) is 24.0. The Labute approximate surface area is 166 Å². The number of aryl methyl sites for hydroxylation is 4. The molecule has 0 atom stereocenters. The van der Waals surface area contributed by atoms with E-state index >= 15 is 0 Å². The summed E-state index contributed by atoms with van der Waals surface area (Å²) in [5.41, 5.74) is 4.59. The molecule has 4 rings (SSSR count). The fourth-order valence-electron chi connectivity index (χ4n) is 3.60. The second kappa shape index (κ2) is 7.28. The van der Waals surface area contributed by atoms with Crippen LogP contribution in [-0.4, -0.2) is 15.7 Å². The number of aromatic nitrogens is 2. The highest BCUT2D eigenvalue weighted by atomic mass is 35.5. The van der Waals surface area contributed by atoms with Crippen LogP contribution in [-0.2, 0) is 36.0 Å². The minimum atomic E-state index is -0.526. The number of carbonyl (C=O) groups excluding carboxylic acids is 1. The molecule has 0 N–H and O–H groups in total. The molecule has 0 aliphatic heterocycles. The highest BCUT2D eigenvalue weighted by Gasteiger charge is 2.16. The van der Waals surface area contributed by atoms with Gasteiger partial charge in [-0.05, 0) is 55.5 Å². The molecule has 0 radical (unpaired) electrons. The zero-order chi connectivity index (χ0) is 19.8. The molecule has 28 heavy (non-hydrogen) atoms. The van der Waals surface area contributed by atoms with Crippen molar-refractivity contribution in [2.45, 2.75) is 32.8 Å². The van der Waals surface area contributed by atoms with Gasteiger partial charge in [-0.1, -0.05) is 11.6 Å². The van der Waals surface area contributed by atoms with Crippen molar-refractivity contribution in [1.29, 1.82) is 0 Å². The Hall–Kier alpha value is -2.86. The molecule has 1 aromatic carbocycles. The summed E-state index contributed by atoms with van der Waals surface area (Å²) in [6.07, 6.45) is 5.99. The number of fused-ring (bicyclic) bond motifs is 2. The molecule has 144 valence electrons. The molecular formula is C21H19ClN2O4. The number of carbonyl (C=O) groups is 1. The molecule has 1 aliphatic rings.